The second kappa shape index (κ2) is 13.9. The molecule has 0 spiro atoms. The Bertz CT molecular complexity index is 714. The Morgan fingerprint density at radius 3 is 1.76 bits per heavy atom. The summed E-state index contributed by atoms with van der Waals surface area (Å²) in [4.78, 5) is 47.9. The third-order valence-electron chi connectivity index (χ3n) is 3.80. The Labute approximate surface area is 171 Å². The number of ether oxygens (including phenoxy) is 2. The first-order valence-electron chi connectivity index (χ1n) is 8.75. The minimum atomic E-state index is -1.48. The molecule has 0 fully saturated rings. The highest BCUT2D eigenvalue weighted by atomic mass is 16.6. The zero-order chi connectivity index (χ0) is 21.7. The second-order valence-electron chi connectivity index (χ2n) is 5.85. The molecule has 0 aliphatic heterocycles. The predicted octanol–water partition coefficient (Wildman–Crippen LogP) is 3.00. The molecule has 0 radical (unpaired) electrons. The van der Waals surface area contributed by atoms with Crippen LogP contribution in [0, 0.1) is 16.9 Å². The van der Waals surface area contributed by atoms with E-state index in [-0.39, 0.29) is 39.0 Å². The first-order chi connectivity index (χ1) is 13.2. The van der Waals surface area contributed by atoms with Gasteiger partial charge in [-0.3, -0.25) is 19.2 Å². The van der Waals surface area contributed by atoms with E-state index in [2.05, 4.69) is 0 Å². The van der Waals surface area contributed by atoms with Crippen molar-refractivity contribution in [3.8, 4) is 6.26 Å². The monoisotopic (exact) mass is 407 g/mol. The number of nitrogens with zero attached hydrogens (tertiary/aromatic N) is 1. The number of hydrogen-bond donors (Lipinski definition) is 1. The molecule has 160 valence electrons. The van der Waals surface area contributed by atoms with Gasteiger partial charge in [-0.05, 0) is 32.8 Å². The van der Waals surface area contributed by atoms with Crippen molar-refractivity contribution in [3.63, 3.8) is 0 Å². The number of carbonyl (C=O) groups excluding carboxylic acids is 4. The number of aliphatic hydroxyl groups is 1. The van der Waals surface area contributed by atoms with Crippen molar-refractivity contribution >= 4 is 23.5 Å². The van der Waals surface area contributed by atoms with Gasteiger partial charge >= 0.3 is 11.9 Å². The summed E-state index contributed by atoms with van der Waals surface area (Å²) in [6.45, 7) is 6.73. The fraction of sp³-hybridized carbons (Fsp3) is 0.476. The van der Waals surface area contributed by atoms with Gasteiger partial charge in [0, 0.05) is 12.0 Å². The van der Waals surface area contributed by atoms with Gasteiger partial charge in [0.1, 0.15) is 0 Å². The zero-order valence-electron chi connectivity index (χ0n) is 16.5. The number of benzene rings is 1. The van der Waals surface area contributed by atoms with E-state index in [0.717, 1.165) is 6.26 Å². The minimum Gasteiger partial charge on any atom is -0.465 e. The number of nitriles is 1. The Morgan fingerprint density at radius 1 is 1.00 bits per heavy atom. The SMILES string of the molecule is C.CCOC(=O)C(C)(Cc1ccc(C(=O)C(=O)CC)cc1)C(=O)OCC.N#CO. The summed E-state index contributed by atoms with van der Waals surface area (Å²) >= 11 is 0. The number of ketones is 2. The molecule has 0 aliphatic rings. The van der Waals surface area contributed by atoms with Crippen molar-refractivity contribution in [2.75, 3.05) is 13.2 Å². The van der Waals surface area contributed by atoms with Gasteiger partial charge in [-0.2, -0.15) is 5.26 Å². The molecule has 29 heavy (non-hydrogen) atoms. The topological polar surface area (TPSA) is 131 Å². The molecule has 0 aliphatic carbocycles. The van der Waals surface area contributed by atoms with Crippen LogP contribution >= 0.6 is 0 Å². The van der Waals surface area contributed by atoms with Crippen LogP contribution in [0.3, 0.4) is 0 Å². The van der Waals surface area contributed by atoms with Crippen molar-refractivity contribution in [2.24, 2.45) is 5.41 Å². The fourth-order valence-corrected chi connectivity index (χ4v) is 2.31. The highest BCUT2D eigenvalue weighted by molar-refractivity contribution is 6.43. The third-order valence-corrected chi connectivity index (χ3v) is 3.80. The second-order valence-corrected chi connectivity index (χ2v) is 5.85. The highest BCUT2D eigenvalue weighted by Gasteiger charge is 2.44. The lowest BCUT2D eigenvalue weighted by Crippen LogP contribution is -2.41. The summed E-state index contributed by atoms with van der Waals surface area (Å²) in [5.41, 5.74) is -0.537. The molecule has 0 amide bonds. The van der Waals surface area contributed by atoms with Crippen LogP contribution in [-0.2, 0) is 30.3 Å². The van der Waals surface area contributed by atoms with Crippen LogP contribution in [0.4, 0.5) is 0 Å². The maximum atomic E-state index is 12.3. The molecule has 8 heteroatoms. The van der Waals surface area contributed by atoms with Crippen LogP contribution < -0.4 is 0 Å². The molecule has 0 heterocycles. The van der Waals surface area contributed by atoms with E-state index < -0.39 is 28.9 Å². The van der Waals surface area contributed by atoms with E-state index in [1.54, 1.807) is 32.9 Å². The van der Waals surface area contributed by atoms with Crippen LogP contribution in [0.5, 0.6) is 0 Å². The van der Waals surface area contributed by atoms with Crippen molar-refractivity contribution in [3.05, 3.63) is 35.4 Å². The van der Waals surface area contributed by atoms with E-state index in [4.69, 9.17) is 19.8 Å². The number of carbonyl (C=O) groups is 4. The molecule has 1 aromatic rings. The third kappa shape index (κ3) is 8.13. The summed E-state index contributed by atoms with van der Waals surface area (Å²) in [5, 5.41) is 13.8. The number of rotatable bonds is 9. The minimum absolute atomic E-state index is 0. The Balaban J connectivity index is 0. The first-order valence-corrected chi connectivity index (χ1v) is 8.75. The summed E-state index contributed by atoms with van der Waals surface area (Å²) in [7, 11) is 0. The lowest BCUT2D eigenvalue weighted by Gasteiger charge is -2.25. The van der Waals surface area contributed by atoms with Crippen LogP contribution in [0.2, 0.25) is 0 Å². The highest BCUT2D eigenvalue weighted by Crippen LogP contribution is 2.27. The molecular formula is C21H29NO7. The molecule has 0 bridgehead atoms. The molecule has 8 nitrogen and oxygen atoms in total. The van der Waals surface area contributed by atoms with Gasteiger partial charge in [0.2, 0.25) is 11.6 Å². The summed E-state index contributed by atoms with van der Waals surface area (Å²) in [5.74, 6) is -2.33. The standard InChI is InChI=1S/C19H24O6.CHNO.CH4/c1-5-15(20)16(21)14-10-8-13(9-11-14)12-19(4,17(22)24-6-2)18(23)25-7-3;2-1-3;/h8-11H,5-7,12H2,1-4H3;3H;1H4. The van der Waals surface area contributed by atoms with Crippen LogP contribution in [0.25, 0.3) is 0 Å². The van der Waals surface area contributed by atoms with E-state index in [9.17, 15) is 19.2 Å². The largest absolute Gasteiger partial charge is 0.465 e. The summed E-state index contributed by atoms with van der Waals surface area (Å²) < 4.78 is 10.0. The van der Waals surface area contributed by atoms with Crippen LogP contribution in [0.15, 0.2) is 24.3 Å². The van der Waals surface area contributed by atoms with Crippen LogP contribution in [-0.4, -0.2) is 41.8 Å². The van der Waals surface area contributed by atoms with Gasteiger partial charge in [-0.1, -0.05) is 38.6 Å². The zero-order valence-corrected chi connectivity index (χ0v) is 16.5. The summed E-state index contributed by atoms with van der Waals surface area (Å²) in [6.07, 6.45) is 0.964. The van der Waals surface area contributed by atoms with Crippen molar-refractivity contribution in [2.45, 2.75) is 48.0 Å². The van der Waals surface area contributed by atoms with E-state index in [1.807, 2.05) is 0 Å². The van der Waals surface area contributed by atoms with Gasteiger partial charge in [0.15, 0.2) is 5.41 Å². The maximum absolute atomic E-state index is 12.3. The Hall–Kier alpha value is -3.21. The molecule has 0 saturated carbocycles. The molecular weight excluding hydrogens is 378 g/mol. The van der Waals surface area contributed by atoms with Gasteiger partial charge < -0.3 is 14.6 Å². The molecule has 1 N–H and O–H groups in total. The predicted molar refractivity (Wildman–Crippen MR) is 105 cm³/mol. The Kier molecular flexibility index (Phi) is 13.4. The van der Waals surface area contributed by atoms with Gasteiger partial charge in [0.05, 0.1) is 13.2 Å². The first kappa shape index (κ1) is 28.0. The molecule has 0 atom stereocenters. The normalized spacial score (nSPS) is 9.62. The van der Waals surface area contributed by atoms with Crippen molar-refractivity contribution < 1.29 is 33.8 Å². The molecule has 1 aromatic carbocycles. The summed E-state index contributed by atoms with van der Waals surface area (Å²) in [6, 6.07) is 6.27. The van der Waals surface area contributed by atoms with Crippen LogP contribution in [0.1, 0.15) is 57.5 Å². The maximum Gasteiger partial charge on any atom is 0.323 e. The van der Waals surface area contributed by atoms with E-state index in [0.29, 0.717) is 5.56 Å². The lowest BCUT2D eigenvalue weighted by atomic mass is 9.83. The van der Waals surface area contributed by atoms with Gasteiger partial charge in [-0.25, -0.2) is 0 Å². The quantitative estimate of drug-likeness (QED) is 0.217. The number of hydrogen-bond acceptors (Lipinski definition) is 8. The molecule has 1 rings (SSSR count). The number of aliphatic hydroxyl groups excluding tert-OH is 1. The fourth-order valence-electron chi connectivity index (χ4n) is 2.31. The van der Waals surface area contributed by atoms with E-state index >= 15 is 0 Å². The average Bonchev–Trinajstić information content (AvgIpc) is 2.68. The van der Waals surface area contributed by atoms with Crippen molar-refractivity contribution in [1.29, 1.82) is 5.26 Å². The number of esters is 2. The Morgan fingerprint density at radius 2 is 1.41 bits per heavy atom. The average molecular weight is 407 g/mol. The molecule has 0 saturated heterocycles. The van der Waals surface area contributed by atoms with Gasteiger partial charge in [-0.15, -0.1) is 0 Å². The number of Topliss-reactive ketones (excluding diaryl/α,β-unsaturated/α-hetero) is 2. The van der Waals surface area contributed by atoms with Crippen molar-refractivity contribution in [1.82, 2.24) is 0 Å². The van der Waals surface area contributed by atoms with E-state index in [1.165, 1.54) is 19.1 Å². The molecule has 0 unspecified atom stereocenters. The van der Waals surface area contributed by atoms with Gasteiger partial charge in [0.25, 0.3) is 6.26 Å². The smallest absolute Gasteiger partial charge is 0.323 e. The lowest BCUT2D eigenvalue weighted by molar-refractivity contribution is -0.170. The molecule has 0 aromatic heterocycles.